The summed E-state index contributed by atoms with van der Waals surface area (Å²) < 4.78 is 1.09. The maximum atomic E-state index is 4.11. The van der Waals surface area contributed by atoms with Gasteiger partial charge >= 0.3 is 0 Å². The lowest BCUT2D eigenvalue weighted by Gasteiger charge is -2.03. The quantitative estimate of drug-likeness (QED) is 0.903. The maximum absolute atomic E-state index is 4.11. The zero-order valence-electron chi connectivity index (χ0n) is 9.13. The number of nitrogens with one attached hydrogen (secondary N) is 2. The van der Waals surface area contributed by atoms with Crippen molar-refractivity contribution in [2.45, 2.75) is 6.42 Å². The van der Waals surface area contributed by atoms with Gasteiger partial charge in [0.15, 0.2) is 0 Å². The highest BCUT2D eigenvalue weighted by Gasteiger charge is 2.07. The van der Waals surface area contributed by atoms with Gasteiger partial charge in [0.05, 0.1) is 6.20 Å². The van der Waals surface area contributed by atoms with Crippen molar-refractivity contribution in [2.24, 2.45) is 0 Å². The Morgan fingerprint density at radius 1 is 1.44 bits per heavy atom. The minimum atomic E-state index is 0.948. The molecule has 1 aromatic heterocycles. The molecule has 16 heavy (non-hydrogen) atoms. The SMILES string of the molecule is CNCCc1[nH]ncc1-c1cccc(Br)c1. The number of hydrogen-bond donors (Lipinski definition) is 2. The van der Waals surface area contributed by atoms with Crippen LogP contribution >= 0.6 is 15.9 Å². The third kappa shape index (κ3) is 2.51. The molecule has 4 heteroatoms. The summed E-state index contributed by atoms with van der Waals surface area (Å²) in [4.78, 5) is 0. The smallest absolute Gasteiger partial charge is 0.0568 e. The minimum Gasteiger partial charge on any atom is -0.319 e. The van der Waals surface area contributed by atoms with Crippen LogP contribution in [0.15, 0.2) is 34.9 Å². The van der Waals surface area contributed by atoms with Crippen LogP contribution in [0.4, 0.5) is 0 Å². The van der Waals surface area contributed by atoms with Crippen molar-refractivity contribution < 1.29 is 0 Å². The van der Waals surface area contributed by atoms with Gasteiger partial charge in [-0.15, -0.1) is 0 Å². The van der Waals surface area contributed by atoms with E-state index in [1.165, 1.54) is 16.8 Å². The molecule has 0 spiro atoms. The Labute approximate surface area is 103 Å². The molecule has 0 atom stereocenters. The molecule has 84 valence electrons. The Bertz CT molecular complexity index is 465. The minimum absolute atomic E-state index is 0.948. The molecule has 0 saturated carbocycles. The topological polar surface area (TPSA) is 40.7 Å². The Morgan fingerprint density at radius 2 is 2.31 bits per heavy atom. The molecule has 0 aliphatic rings. The zero-order chi connectivity index (χ0) is 11.4. The molecule has 0 fully saturated rings. The van der Waals surface area contributed by atoms with Gasteiger partial charge in [-0.25, -0.2) is 0 Å². The van der Waals surface area contributed by atoms with Crippen LogP contribution in [-0.4, -0.2) is 23.8 Å². The molecule has 2 rings (SSSR count). The van der Waals surface area contributed by atoms with E-state index < -0.39 is 0 Å². The van der Waals surface area contributed by atoms with Crippen LogP contribution in [0.3, 0.4) is 0 Å². The molecule has 2 N–H and O–H groups in total. The predicted molar refractivity (Wildman–Crippen MR) is 69.4 cm³/mol. The standard InChI is InChI=1S/C12H14BrN3/c1-14-6-5-12-11(8-15-16-12)9-3-2-4-10(13)7-9/h2-4,7-8,14H,5-6H2,1H3,(H,15,16). The zero-order valence-corrected chi connectivity index (χ0v) is 10.7. The van der Waals surface area contributed by atoms with Crippen molar-refractivity contribution in [1.29, 1.82) is 0 Å². The van der Waals surface area contributed by atoms with Crippen LogP contribution < -0.4 is 5.32 Å². The molecule has 0 unspecified atom stereocenters. The summed E-state index contributed by atoms with van der Waals surface area (Å²) >= 11 is 3.48. The summed E-state index contributed by atoms with van der Waals surface area (Å²) in [6, 6.07) is 8.26. The lowest BCUT2D eigenvalue weighted by Crippen LogP contribution is -2.11. The molecule has 1 heterocycles. The van der Waals surface area contributed by atoms with Crippen LogP contribution in [0, 0.1) is 0 Å². The second-order valence-corrected chi connectivity index (χ2v) is 4.54. The maximum Gasteiger partial charge on any atom is 0.0568 e. The van der Waals surface area contributed by atoms with E-state index in [4.69, 9.17) is 0 Å². The predicted octanol–water partition coefficient (Wildman–Crippen LogP) is 2.60. The highest BCUT2D eigenvalue weighted by Crippen LogP contribution is 2.24. The summed E-state index contributed by atoms with van der Waals surface area (Å²) in [6.45, 7) is 0.948. The van der Waals surface area contributed by atoms with Gasteiger partial charge in [0.1, 0.15) is 0 Å². The van der Waals surface area contributed by atoms with Gasteiger partial charge in [-0.05, 0) is 24.7 Å². The van der Waals surface area contributed by atoms with Crippen molar-refractivity contribution >= 4 is 15.9 Å². The van der Waals surface area contributed by atoms with Gasteiger partial charge in [0.25, 0.3) is 0 Å². The average Bonchev–Trinajstić information content (AvgIpc) is 2.74. The first kappa shape index (κ1) is 11.4. The molecule has 0 saturated heterocycles. The summed E-state index contributed by atoms with van der Waals surface area (Å²) in [5.74, 6) is 0. The van der Waals surface area contributed by atoms with Crippen LogP contribution in [0.5, 0.6) is 0 Å². The molecule has 0 amide bonds. The van der Waals surface area contributed by atoms with Gasteiger partial charge in [0.2, 0.25) is 0 Å². The number of nitrogens with zero attached hydrogens (tertiary/aromatic N) is 1. The molecule has 0 aliphatic carbocycles. The monoisotopic (exact) mass is 279 g/mol. The number of rotatable bonds is 4. The van der Waals surface area contributed by atoms with Crippen LogP contribution in [-0.2, 0) is 6.42 Å². The van der Waals surface area contributed by atoms with Crippen LogP contribution in [0.1, 0.15) is 5.69 Å². The van der Waals surface area contributed by atoms with Gasteiger partial charge in [-0.1, -0.05) is 28.1 Å². The number of aromatic nitrogens is 2. The molecule has 0 radical (unpaired) electrons. The average molecular weight is 280 g/mol. The highest BCUT2D eigenvalue weighted by atomic mass is 79.9. The number of benzene rings is 1. The summed E-state index contributed by atoms with van der Waals surface area (Å²) in [7, 11) is 1.95. The van der Waals surface area contributed by atoms with Crippen molar-refractivity contribution in [2.75, 3.05) is 13.6 Å². The van der Waals surface area contributed by atoms with Crippen molar-refractivity contribution in [3.63, 3.8) is 0 Å². The first-order valence-corrected chi connectivity index (χ1v) is 6.03. The van der Waals surface area contributed by atoms with Crippen LogP contribution in [0.25, 0.3) is 11.1 Å². The number of H-pyrrole nitrogens is 1. The Balaban J connectivity index is 2.29. The Morgan fingerprint density at radius 3 is 3.06 bits per heavy atom. The van der Waals surface area contributed by atoms with E-state index in [0.717, 1.165) is 17.4 Å². The van der Waals surface area contributed by atoms with Gasteiger partial charge in [0, 0.05) is 28.7 Å². The fraction of sp³-hybridized carbons (Fsp3) is 0.250. The number of halogens is 1. The lowest BCUT2D eigenvalue weighted by atomic mass is 10.1. The molecule has 3 nitrogen and oxygen atoms in total. The Kier molecular flexibility index (Phi) is 3.74. The van der Waals surface area contributed by atoms with Gasteiger partial charge in [-0.3, -0.25) is 5.10 Å². The number of hydrogen-bond acceptors (Lipinski definition) is 2. The van der Waals surface area contributed by atoms with Crippen molar-refractivity contribution in [1.82, 2.24) is 15.5 Å². The van der Waals surface area contributed by atoms with E-state index in [2.05, 4.69) is 43.6 Å². The second-order valence-electron chi connectivity index (χ2n) is 3.63. The van der Waals surface area contributed by atoms with E-state index in [1.807, 2.05) is 25.4 Å². The summed E-state index contributed by atoms with van der Waals surface area (Å²) in [5, 5.41) is 10.3. The number of likely N-dealkylation sites (N-methyl/N-ethyl adjacent to an activating group) is 1. The first-order valence-electron chi connectivity index (χ1n) is 5.24. The molecule has 0 aliphatic heterocycles. The van der Waals surface area contributed by atoms with E-state index in [9.17, 15) is 0 Å². The van der Waals surface area contributed by atoms with Gasteiger partial charge < -0.3 is 5.32 Å². The Hall–Kier alpha value is -1.13. The molecular formula is C12H14BrN3. The first-order chi connectivity index (χ1) is 7.81. The molecule has 1 aromatic carbocycles. The molecular weight excluding hydrogens is 266 g/mol. The fourth-order valence-electron chi connectivity index (χ4n) is 1.66. The second kappa shape index (κ2) is 5.27. The largest absolute Gasteiger partial charge is 0.319 e. The van der Waals surface area contributed by atoms with E-state index >= 15 is 0 Å². The fourth-order valence-corrected chi connectivity index (χ4v) is 2.06. The van der Waals surface area contributed by atoms with Gasteiger partial charge in [-0.2, -0.15) is 5.10 Å². The normalized spacial score (nSPS) is 10.6. The van der Waals surface area contributed by atoms with Crippen molar-refractivity contribution in [3.8, 4) is 11.1 Å². The third-order valence-corrected chi connectivity index (χ3v) is 2.97. The number of aromatic amines is 1. The van der Waals surface area contributed by atoms with E-state index in [1.54, 1.807) is 0 Å². The van der Waals surface area contributed by atoms with Crippen LogP contribution in [0.2, 0.25) is 0 Å². The molecule has 2 aromatic rings. The van der Waals surface area contributed by atoms with Crippen molar-refractivity contribution in [3.05, 3.63) is 40.6 Å². The summed E-state index contributed by atoms with van der Waals surface area (Å²) in [6.07, 6.45) is 2.84. The lowest BCUT2D eigenvalue weighted by molar-refractivity contribution is 0.773. The summed E-state index contributed by atoms with van der Waals surface area (Å²) in [5.41, 5.74) is 3.54. The van der Waals surface area contributed by atoms with E-state index in [0.29, 0.717) is 0 Å². The highest BCUT2D eigenvalue weighted by molar-refractivity contribution is 9.10. The van der Waals surface area contributed by atoms with E-state index in [-0.39, 0.29) is 0 Å². The molecule has 0 bridgehead atoms. The third-order valence-electron chi connectivity index (χ3n) is 2.48.